The summed E-state index contributed by atoms with van der Waals surface area (Å²) in [5.41, 5.74) is 3.69. The molecular formula is C15H16N2S. The van der Waals surface area contributed by atoms with Crippen LogP contribution in [0.2, 0.25) is 0 Å². The van der Waals surface area contributed by atoms with E-state index < -0.39 is 0 Å². The first-order valence-electron chi connectivity index (χ1n) is 6.40. The molecule has 0 N–H and O–H groups in total. The van der Waals surface area contributed by atoms with Crippen LogP contribution in [0.3, 0.4) is 0 Å². The Hall–Kier alpha value is -1.48. The van der Waals surface area contributed by atoms with Crippen molar-refractivity contribution in [2.24, 2.45) is 4.99 Å². The molecule has 3 heteroatoms. The maximum absolute atomic E-state index is 4.60. The van der Waals surface area contributed by atoms with Crippen molar-refractivity contribution < 1.29 is 0 Å². The molecule has 0 saturated heterocycles. The van der Waals surface area contributed by atoms with E-state index in [2.05, 4.69) is 41.2 Å². The largest absolute Gasteiger partial charge is 0.227 e. The molecule has 18 heavy (non-hydrogen) atoms. The maximum atomic E-state index is 4.60. The minimum Gasteiger partial charge on any atom is -0.227 e. The first-order chi connectivity index (χ1) is 8.81. The second-order valence-corrected chi connectivity index (χ2v) is 5.80. The molecule has 1 aliphatic carbocycles. The monoisotopic (exact) mass is 256 g/mol. The molecule has 0 radical (unpaired) electrons. The molecule has 3 rings (SSSR count). The lowest BCUT2D eigenvalue weighted by molar-refractivity contribution is 0.682. The van der Waals surface area contributed by atoms with Crippen LogP contribution in [0.1, 0.15) is 34.5 Å². The SMILES string of the molecule is Cc1ccc(/C=N/c2nc3c(s2)CCCC3)cc1. The minimum atomic E-state index is 0.905. The van der Waals surface area contributed by atoms with E-state index in [4.69, 9.17) is 0 Å². The molecule has 0 aliphatic heterocycles. The molecule has 0 bridgehead atoms. The molecule has 2 nitrogen and oxygen atoms in total. The van der Waals surface area contributed by atoms with Crippen molar-refractivity contribution in [3.8, 4) is 0 Å². The Morgan fingerprint density at radius 1 is 1.17 bits per heavy atom. The summed E-state index contributed by atoms with van der Waals surface area (Å²) < 4.78 is 0. The van der Waals surface area contributed by atoms with Gasteiger partial charge in [-0.15, -0.1) is 0 Å². The van der Waals surface area contributed by atoms with Gasteiger partial charge in [0.2, 0.25) is 5.13 Å². The van der Waals surface area contributed by atoms with E-state index in [0.29, 0.717) is 0 Å². The van der Waals surface area contributed by atoms with Gasteiger partial charge in [-0.3, -0.25) is 0 Å². The van der Waals surface area contributed by atoms with Gasteiger partial charge in [-0.25, -0.2) is 9.98 Å². The first kappa shape index (κ1) is 11.6. The molecule has 0 saturated carbocycles. The molecule has 0 atom stereocenters. The molecule has 1 aromatic carbocycles. The lowest BCUT2D eigenvalue weighted by Crippen LogP contribution is -1.98. The quantitative estimate of drug-likeness (QED) is 0.743. The van der Waals surface area contributed by atoms with E-state index in [0.717, 1.165) is 17.1 Å². The molecule has 0 unspecified atom stereocenters. The average Bonchev–Trinajstić information content (AvgIpc) is 2.81. The fourth-order valence-electron chi connectivity index (χ4n) is 2.18. The summed E-state index contributed by atoms with van der Waals surface area (Å²) in [6, 6.07) is 8.39. The number of rotatable bonds is 2. The summed E-state index contributed by atoms with van der Waals surface area (Å²) in [6.07, 6.45) is 6.80. The highest BCUT2D eigenvalue weighted by atomic mass is 32.1. The summed E-state index contributed by atoms with van der Waals surface area (Å²) in [5, 5.41) is 0.905. The van der Waals surface area contributed by atoms with Gasteiger partial charge < -0.3 is 0 Å². The van der Waals surface area contributed by atoms with Gasteiger partial charge >= 0.3 is 0 Å². The predicted molar refractivity (Wildman–Crippen MR) is 77.2 cm³/mol. The third kappa shape index (κ3) is 2.51. The average molecular weight is 256 g/mol. The molecular weight excluding hydrogens is 240 g/mol. The lowest BCUT2D eigenvalue weighted by Gasteiger charge is -2.06. The number of aliphatic imine (C=N–C) groups is 1. The van der Waals surface area contributed by atoms with Crippen molar-refractivity contribution in [3.63, 3.8) is 0 Å². The molecule has 92 valence electrons. The summed E-state index contributed by atoms with van der Waals surface area (Å²) >= 11 is 1.75. The van der Waals surface area contributed by atoms with Crippen LogP contribution in [0, 0.1) is 6.92 Å². The molecule has 2 aromatic rings. The van der Waals surface area contributed by atoms with Gasteiger partial charge in [0.1, 0.15) is 0 Å². The third-order valence-electron chi connectivity index (χ3n) is 3.24. The minimum absolute atomic E-state index is 0.905. The van der Waals surface area contributed by atoms with Gasteiger partial charge in [0, 0.05) is 11.1 Å². The van der Waals surface area contributed by atoms with Gasteiger partial charge in [0.25, 0.3) is 0 Å². The summed E-state index contributed by atoms with van der Waals surface area (Å²) in [6.45, 7) is 2.09. The van der Waals surface area contributed by atoms with Gasteiger partial charge in [-0.05, 0) is 38.2 Å². The number of thiazole rings is 1. The van der Waals surface area contributed by atoms with Crippen molar-refractivity contribution in [1.29, 1.82) is 0 Å². The van der Waals surface area contributed by atoms with E-state index in [1.807, 2.05) is 6.21 Å². The van der Waals surface area contributed by atoms with Crippen LogP contribution in [0.5, 0.6) is 0 Å². The Morgan fingerprint density at radius 2 is 1.94 bits per heavy atom. The Balaban J connectivity index is 1.79. The van der Waals surface area contributed by atoms with Crippen LogP contribution in [-0.2, 0) is 12.8 Å². The normalized spacial score (nSPS) is 14.9. The highest BCUT2D eigenvalue weighted by Gasteiger charge is 2.14. The van der Waals surface area contributed by atoms with Gasteiger partial charge in [0.05, 0.1) is 5.69 Å². The predicted octanol–water partition coefficient (Wildman–Crippen LogP) is 4.08. The Labute approximate surface area is 111 Å². The smallest absolute Gasteiger partial charge is 0.209 e. The molecule has 0 amide bonds. The van der Waals surface area contributed by atoms with Crippen molar-refractivity contribution >= 4 is 22.7 Å². The van der Waals surface area contributed by atoms with Gasteiger partial charge in [0.15, 0.2) is 0 Å². The van der Waals surface area contributed by atoms with Crippen molar-refractivity contribution in [2.75, 3.05) is 0 Å². The Morgan fingerprint density at radius 3 is 2.72 bits per heavy atom. The van der Waals surface area contributed by atoms with E-state index in [-0.39, 0.29) is 0 Å². The van der Waals surface area contributed by atoms with Crippen molar-refractivity contribution in [3.05, 3.63) is 46.0 Å². The number of fused-ring (bicyclic) bond motifs is 1. The Bertz CT molecular complexity index is 543. The van der Waals surface area contributed by atoms with Crippen LogP contribution < -0.4 is 0 Å². The van der Waals surface area contributed by atoms with Gasteiger partial charge in [-0.1, -0.05) is 41.2 Å². The molecule has 1 aromatic heterocycles. The van der Waals surface area contributed by atoms with Crippen LogP contribution in [0.15, 0.2) is 29.3 Å². The molecule has 0 fully saturated rings. The fraction of sp³-hybridized carbons (Fsp3) is 0.333. The molecule has 1 aliphatic rings. The van der Waals surface area contributed by atoms with Crippen LogP contribution in [0.4, 0.5) is 5.13 Å². The number of hydrogen-bond acceptors (Lipinski definition) is 3. The summed E-state index contributed by atoms with van der Waals surface area (Å²) in [5.74, 6) is 0. The van der Waals surface area contributed by atoms with Crippen LogP contribution >= 0.6 is 11.3 Å². The highest BCUT2D eigenvalue weighted by Crippen LogP contribution is 2.30. The topological polar surface area (TPSA) is 25.2 Å². The second kappa shape index (κ2) is 5.02. The number of aromatic nitrogens is 1. The van der Waals surface area contributed by atoms with E-state index in [9.17, 15) is 0 Å². The summed E-state index contributed by atoms with van der Waals surface area (Å²) in [4.78, 5) is 10.5. The van der Waals surface area contributed by atoms with Crippen molar-refractivity contribution in [1.82, 2.24) is 4.98 Å². The van der Waals surface area contributed by atoms with E-state index >= 15 is 0 Å². The zero-order valence-electron chi connectivity index (χ0n) is 10.5. The van der Waals surface area contributed by atoms with Crippen LogP contribution in [0.25, 0.3) is 0 Å². The van der Waals surface area contributed by atoms with E-state index in [1.54, 1.807) is 11.3 Å². The molecule has 0 spiro atoms. The second-order valence-electron chi connectivity index (χ2n) is 4.74. The fourth-order valence-corrected chi connectivity index (χ4v) is 3.17. The molecule has 1 heterocycles. The number of aryl methyl sites for hydroxylation is 3. The lowest BCUT2D eigenvalue weighted by atomic mass is 10.0. The number of benzene rings is 1. The van der Waals surface area contributed by atoms with Gasteiger partial charge in [-0.2, -0.15) is 0 Å². The van der Waals surface area contributed by atoms with Crippen molar-refractivity contribution in [2.45, 2.75) is 32.6 Å². The summed E-state index contributed by atoms with van der Waals surface area (Å²) in [7, 11) is 0. The van der Waals surface area contributed by atoms with Crippen LogP contribution in [-0.4, -0.2) is 11.2 Å². The zero-order valence-corrected chi connectivity index (χ0v) is 11.3. The first-order valence-corrected chi connectivity index (χ1v) is 7.22. The zero-order chi connectivity index (χ0) is 12.4. The third-order valence-corrected chi connectivity index (χ3v) is 4.30. The highest BCUT2D eigenvalue weighted by molar-refractivity contribution is 7.15. The van der Waals surface area contributed by atoms with E-state index in [1.165, 1.54) is 35.4 Å². The Kier molecular flexibility index (Phi) is 3.24. The number of nitrogens with zero attached hydrogens (tertiary/aromatic N) is 2. The standard InChI is InChI=1S/C15H16N2S/c1-11-6-8-12(9-7-11)10-16-15-17-13-4-2-3-5-14(13)18-15/h6-10H,2-5H2,1H3/b16-10+. The number of hydrogen-bond donors (Lipinski definition) is 0. The maximum Gasteiger partial charge on any atom is 0.209 e.